The molecule has 4 rings (SSSR count). The van der Waals surface area contributed by atoms with E-state index in [4.69, 9.17) is 4.74 Å². The van der Waals surface area contributed by atoms with Gasteiger partial charge in [-0.25, -0.2) is 0 Å². The number of amides is 1. The fraction of sp³-hybridized carbons (Fsp3) is 0.364. The number of rotatable bonds is 7. The summed E-state index contributed by atoms with van der Waals surface area (Å²) in [5.74, 6) is -0.147. The van der Waals surface area contributed by atoms with Crippen LogP contribution in [0.5, 0.6) is 0 Å². The van der Waals surface area contributed by atoms with E-state index in [0.29, 0.717) is 12.1 Å². The third-order valence-corrected chi connectivity index (χ3v) is 5.29. The van der Waals surface area contributed by atoms with E-state index in [1.165, 1.54) is 0 Å². The number of carbonyl (C=O) groups excluding carboxylic acids is 1. The normalized spacial score (nSPS) is 21.3. The molecule has 0 unspecified atom stereocenters. The summed E-state index contributed by atoms with van der Waals surface area (Å²) in [6, 6.07) is 14.5. The van der Waals surface area contributed by atoms with Gasteiger partial charge in [0.2, 0.25) is 0 Å². The summed E-state index contributed by atoms with van der Waals surface area (Å²) in [5, 5.41) is 21.1. The molecule has 3 heterocycles. The number of benzene rings is 1. The van der Waals surface area contributed by atoms with Gasteiger partial charge in [0.25, 0.3) is 5.91 Å². The fourth-order valence-corrected chi connectivity index (χ4v) is 3.67. The van der Waals surface area contributed by atoms with Gasteiger partial charge in [0.05, 0.1) is 30.6 Å². The molecule has 1 aromatic carbocycles. The van der Waals surface area contributed by atoms with Crippen LogP contribution in [0.25, 0.3) is 11.4 Å². The molecule has 0 aliphatic carbocycles. The fourth-order valence-electron chi connectivity index (χ4n) is 3.67. The molecule has 2 aromatic heterocycles. The number of aryl methyl sites for hydroxylation is 1. The Kier molecular flexibility index (Phi) is 6.46. The van der Waals surface area contributed by atoms with Gasteiger partial charge >= 0.3 is 0 Å². The quantitative estimate of drug-likeness (QED) is 0.622. The molecule has 156 valence electrons. The van der Waals surface area contributed by atoms with Gasteiger partial charge in [-0.3, -0.25) is 14.5 Å². The number of aliphatic hydroxyl groups excluding tert-OH is 1. The van der Waals surface area contributed by atoms with Gasteiger partial charge in [-0.2, -0.15) is 0 Å². The zero-order valence-corrected chi connectivity index (χ0v) is 16.6. The molecule has 3 aromatic rings. The number of hydrogen-bond donors (Lipinski definition) is 2. The number of aliphatic hydroxyl groups is 1. The zero-order valence-electron chi connectivity index (χ0n) is 16.6. The second kappa shape index (κ2) is 9.60. The third kappa shape index (κ3) is 4.90. The highest BCUT2D eigenvalue weighted by Gasteiger charge is 2.32. The van der Waals surface area contributed by atoms with Crippen LogP contribution in [0, 0.1) is 0 Å². The summed E-state index contributed by atoms with van der Waals surface area (Å²) < 4.78 is 7.84. The maximum atomic E-state index is 12.4. The Morgan fingerprint density at radius 2 is 1.97 bits per heavy atom. The molecule has 0 saturated carbocycles. The molecule has 1 aliphatic heterocycles. The Labute approximate surface area is 174 Å². The van der Waals surface area contributed by atoms with Crippen molar-refractivity contribution >= 4 is 5.91 Å². The minimum absolute atomic E-state index is 0.00507. The topological polar surface area (TPSA) is 102 Å². The van der Waals surface area contributed by atoms with Crippen LogP contribution in [0.4, 0.5) is 0 Å². The maximum absolute atomic E-state index is 12.4. The molecule has 8 nitrogen and oxygen atoms in total. The SMILES string of the molecule is O=C(N[C@@H]1CC[C@H](CCn2cc(-c3ccccn3)nn2)O[C@H]1CO)c1ccccc1. The lowest BCUT2D eigenvalue weighted by atomic mass is 9.96. The third-order valence-electron chi connectivity index (χ3n) is 5.29. The van der Waals surface area contributed by atoms with Crippen molar-refractivity contribution in [3.8, 4) is 11.4 Å². The van der Waals surface area contributed by atoms with Gasteiger partial charge in [0.15, 0.2) is 0 Å². The molecular weight excluding hydrogens is 382 g/mol. The lowest BCUT2D eigenvalue weighted by Gasteiger charge is -2.36. The molecule has 1 amide bonds. The van der Waals surface area contributed by atoms with Gasteiger partial charge in [-0.1, -0.05) is 29.5 Å². The molecule has 0 bridgehead atoms. The summed E-state index contributed by atoms with van der Waals surface area (Å²) in [5.41, 5.74) is 2.12. The number of nitrogens with one attached hydrogen (secondary N) is 1. The molecule has 1 saturated heterocycles. The molecule has 1 fully saturated rings. The van der Waals surface area contributed by atoms with Crippen LogP contribution >= 0.6 is 0 Å². The van der Waals surface area contributed by atoms with E-state index in [-0.39, 0.29) is 24.7 Å². The number of carbonyl (C=O) groups is 1. The summed E-state index contributed by atoms with van der Waals surface area (Å²) >= 11 is 0. The van der Waals surface area contributed by atoms with E-state index >= 15 is 0 Å². The molecule has 0 spiro atoms. The minimum Gasteiger partial charge on any atom is -0.394 e. The van der Waals surface area contributed by atoms with Crippen molar-refractivity contribution in [2.24, 2.45) is 0 Å². The second-order valence-corrected chi connectivity index (χ2v) is 7.37. The van der Waals surface area contributed by atoms with Crippen molar-refractivity contribution in [2.45, 2.75) is 44.1 Å². The van der Waals surface area contributed by atoms with E-state index in [2.05, 4.69) is 20.6 Å². The van der Waals surface area contributed by atoms with E-state index in [1.807, 2.05) is 42.6 Å². The first-order valence-electron chi connectivity index (χ1n) is 10.2. The summed E-state index contributed by atoms with van der Waals surface area (Å²) in [7, 11) is 0. The first-order chi connectivity index (χ1) is 14.7. The molecular formula is C22H25N5O3. The maximum Gasteiger partial charge on any atom is 0.251 e. The monoisotopic (exact) mass is 407 g/mol. The highest BCUT2D eigenvalue weighted by molar-refractivity contribution is 5.94. The average molecular weight is 407 g/mol. The largest absolute Gasteiger partial charge is 0.394 e. The van der Waals surface area contributed by atoms with Gasteiger partial charge < -0.3 is 15.2 Å². The predicted molar refractivity (Wildman–Crippen MR) is 111 cm³/mol. The van der Waals surface area contributed by atoms with Gasteiger partial charge in [0, 0.05) is 18.3 Å². The van der Waals surface area contributed by atoms with E-state index in [0.717, 1.165) is 30.7 Å². The Morgan fingerprint density at radius 1 is 1.13 bits per heavy atom. The van der Waals surface area contributed by atoms with E-state index in [1.54, 1.807) is 23.0 Å². The number of nitrogens with zero attached hydrogens (tertiary/aromatic N) is 4. The Balaban J connectivity index is 1.29. The van der Waals surface area contributed by atoms with Gasteiger partial charge in [-0.15, -0.1) is 5.10 Å². The average Bonchev–Trinajstić information content (AvgIpc) is 3.28. The Morgan fingerprint density at radius 3 is 2.73 bits per heavy atom. The van der Waals surface area contributed by atoms with Crippen LogP contribution in [-0.4, -0.2) is 55.8 Å². The molecule has 8 heteroatoms. The number of hydrogen-bond acceptors (Lipinski definition) is 6. The Bertz CT molecular complexity index is 948. The zero-order chi connectivity index (χ0) is 20.8. The van der Waals surface area contributed by atoms with Crippen LogP contribution < -0.4 is 5.32 Å². The highest BCUT2D eigenvalue weighted by atomic mass is 16.5. The van der Waals surface area contributed by atoms with Crippen molar-refractivity contribution in [1.82, 2.24) is 25.3 Å². The summed E-state index contributed by atoms with van der Waals surface area (Å²) in [6.07, 6.45) is 5.49. The first-order valence-corrected chi connectivity index (χ1v) is 10.2. The van der Waals surface area contributed by atoms with Crippen molar-refractivity contribution in [2.75, 3.05) is 6.61 Å². The van der Waals surface area contributed by atoms with Crippen LogP contribution in [0.1, 0.15) is 29.6 Å². The molecule has 3 atom stereocenters. The summed E-state index contributed by atoms with van der Waals surface area (Å²) in [6.45, 7) is 0.521. The molecule has 1 aliphatic rings. The van der Waals surface area contributed by atoms with Crippen LogP contribution in [0.2, 0.25) is 0 Å². The van der Waals surface area contributed by atoms with Crippen molar-refractivity contribution < 1.29 is 14.6 Å². The van der Waals surface area contributed by atoms with Gasteiger partial charge in [0.1, 0.15) is 11.8 Å². The van der Waals surface area contributed by atoms with Crippen molar-refractivity contribution in [1.29, 1.82) is 0 Å². The highest BCUT2D eigenvalue weighted by Crippen LogP contribution is 2.23. The number of ether oxygens (including phenoxy) is 1. The van der Waals surface area contributed by atoms with Crippen molar-refractivity contribution in [3.05, 3.63) is 66.5 Å². The standard InChI is InChI=1S/C22H25N5O3/c28-15-21-19(24-22(29)16-6-2-1-3-7-16)10-9-17(30-21)11-13-27-14-20(25-26-27)18-8-4-5-12-23-18/h1-8,12,14,17,19,21,28H,9-11,13,15H2,(H,24,29)/t17-,19-,21+/m1/s1. The molecule has 2 N–H and O–H groups in total. The van der Waals surface area contributed by atoms with Gasteiger partial charge in [-0.05, 0) is 43.5 Å². The molecule has 0 radical (unpaired) electrons. The van der Waals surface area contributed by atoms with Crippen molar-refractivity contribution in [3.63, 3.8) is 0 Å². The minimum atomic E-state index is -0.420. The Hall–Kier alpha value is -3.10. The summed E-state index contributed by atoms with van der Waals surface area (Å²) in [4.78, 5) is 16.7. The van der Waals surface area contributed by atoms with E-state index in [9.17, 15) is 9.90 Å². The number of aromatic nitrogens is 4. The smallest absolute Gasteiger partial charge is 0.251 e. The lowest BCUT2D eigenvalue weighted by molar-refractivity contribution is -0.0912. The number of pyridine rings is 1. The van der Waals surface area contributed by atoms with Crippen LogP contribution in [-0.2, 0) is 11.3 Å². The second-order valence-electron chi connectivity index (χ2n) is 7.37. The predicted octanol–water partition coefficient (Wildman–Crippen LogP) is 2.07. The van der Waals surface area contributed by atoms with Crippen LogP contribution in [0.15, 0.2) is 60.9 Å². The molecule has 30 heavy (non-hydrogen) atoms. The van der Waals surface area contributed by atoms with E-state index < -0.39 is 6.10 Å². The van der Waals surface area contributed by atoms with Crippen LogP contribution in [0.3, 0.4) is 0 Å². The lowest BCUT2D eigenvalue weighted by Crippen LogP contribution is -2.51. The first kappa shape index (κ1) is 20.2.